The number of carbonyl (C=O) groups is 1. The third kappa shape index (κ3) is 35.1. The van der Waals surface area contributed by atoms with Gasteiger partial charge in [0.25, 0.3) is 0 Å². The van der Waals surface area contributed by atoms with Crippen molar-refractivity contribution in [2.24, 2.45) is 0 Å². The number of hydrogen-bond donors (Lipinski definition) is 1. The van der Waals surface area contributed by atoms with Gasteiger partial charge in [0, 0.05) is 170 Å². The Labute approximate surface area is 915 Å². The fraction of sp³-hybridized carbons (Fsp3) is 0.176. The van der Waals surface area contributed by atoms with Crippen molar-refractivity contribution in [1.82, 2.24) is 29.9 Å². The number of carbonyl (C=O) groups excluding carboxylic acids is 1. The van der Waals surface area contributed by atoms with E-state index in [1.54, 1.807) is 17.5 Å². The molecule has 724 valence electrons. The van der Waals surface area contributed by atoms with Crippen LogP contribution in [-0.2, 0) is 148 Å². The number of unbranched alkanes of at least 4 members (excludes halogenated alkanes) is 5. The van der Waals surface area contributed by atoms with Crippen molar-refractivity contribution in [1.29, 1.82) is 0 Å². The molecule has 0 fully saturated rings. The zero-order valence-electron chi connectivity index (χ0n) is 80.9. The molecule has 0 unspecified atom stereocenters. The first-order valence-electron chi connectivity index (χ1n) is 46.1. The van der Waals surface area contributed by atoms with Gasteiger partial charge in [-0.25, -0.2) is 11.3 Å². The molecule has 7 aromatic heterocycles. The molecule has 19 aromatic rings. The maximum atomic E-state index is 10.0. The van der Waals surface area contributed by atoms with Crippen molar-refractivity contribution < 1.29 is 131 Å². The van der Waals surface area contributed by atoms with Gasteiger partial charge in [-0.1, -0.05) is 296 Å². The largest absolute Gasteiger partial charge is 0.512 e. The molecule has 8 nitrogen and oxygen atoms in total. The van der Waals surface area contributed by atoms with Gasteiger partial charge >= 0.3 is 0 Å². The number of rotatable bonds is 18. The topological polar surface area (TPSA) is 115 Å². The molecule has 15 heteroatoms. The Morgan fingerprint density at radius 3 is 1.14 bits per heavy atom. The maximum absolute atomic E-state index is 10.0. The molecule has 0 bridgehead atoms. The number of pyridine rings is 6. The van der Waals surface area contributed by atoms with Gasteiger partial charge < -0.3 is 35.0 Å². The molecule has 12 aromatic carbocycles. The van der Waals surface area contributed by atoms with Gasteiger partial charge in [-0.3, -0.25) is 4.79 Å². The van der Waals surface area contributed by atoms with Gasteiger partial charge in [0.1, 0.15) is 0 Å². The van der Waals surface area contributed by atoms with Crippen LogP contribution < -0.4 is 0 Å². The zero-order valence-corrected chi connectivity index (χ0v) is 96.1. The number of ketones is 1. The van der Waals surface area contributed by atoms with Crippen LogP contribution in [0, 0.1) is 36.4 Å². The first-order valence-corrected chi connectivity index (χ1v) is 46.9. The fourth-order valence-corrected chi connectivity index (χ4v) is 16.2. The summed E-state index contributed by atoms with van der Waals surface area (Å²) in [4.78, 5) is 37.6. The molecule has 0 aliphatic heterocycles. The van der Waals surface area contributed by atoms with Crippen LogP contribution in [0.2, 0.25) is 0 Å². The average molecular weight is 2920 g/mol. The summed E-state index contributed by atoms with van der Waals surface area (Å²) in [5, 5.41) is 14.3. The Morgan fingerprint density at radius 1 is 0.329 bits per heavy atom. The number of aliphatic hydroxyl groups excluding tert-OH is 1. The van der Waals surface area contributed by atoms with Gasteiger partial charge in [0.05, 0.1) is 5.76 Å². The van der Waals surface area contributed by atoms with E-state index in [1.165, 1.54) is 152 Å². The molecule has 0 saturated heterocycles. The van der Waals surface area contributed by atoms with Crippen LogP contribution in [0.3, 0.4) is 0 Å². The SMILES string of the molecule is CC(=O)C=C(C)O.CC(C)(C)c1ccc(-c2cc(-c3ccc(C(C)(C)C)cc3)cc(-c3cc[c-]c(-c4ccccn4)c3)c2)cc1.CC(C)(C)c1ccc(-c2cc[c-]c(-c3nccc4ccccc34)c2)cc1.CCCCCCCCc1c[c-]c(-c2ccccn2)cc1.[Ir].[Ir].[Ir].[Ir].[Ir].[Ir].[c-]1c(-c2ccccn2)sc2ccccc12.[c-]1ccccc1-c1ccccn1.[c-]1ccccc1-c1nccc2ccccc12. The van der Waals surface area contributed by atoms with Crippen LogP contribution in [0.1, 0.15) is 144 Å². The molecular formula is C125H116Ir6N6O2S-6. The third-order valence-electron chi connectivity index (χ3n) is 22.6. The summed E-state index contributed by atoms with van der Waals surface area (Å²) in [5.41, 5.74) is 26.5. The molecule has 19 rings (SSSR count). The number of aromatic nitrogens is 6. The minimum absolute atomic E-state index is 0. The van der Waals surface area contributed by atoms with E-state index in [0.717, 1.165) is 77.8 Å². The number of nitrogens with zero attached hydrogens (tertiary/aromatic N) is 6. The van der Waals surface area contributed by atoms with Gasteiger partial charge in [-0.2, -0.15) is 0 Å². The quantitative estimate of drug-likeness (QED) is 0.0391. The Morgan fingerprint density at radius 2 is 0.714 bits per heavy atom. The van der Waals surface area contributed by atoms with Crippen molar-refractivity contribution in [3.63, 3.8) is 0 Å². The van der Waals surface area contributed by atoms with Crippen LogP contribution in [0.4, 0.5) is 0 Å². The second kappa shape index (κ2) is 58.5. The first-order chi connectivity index (χ1) is 65.0. The van der Waals surface area contributed by atoms with Gasteiger partial charge in [0.2, 0.25) is 0 Å². The number of benzene rings is 12. The molecule has 1 N–H and O–H groups in total. The number of allylic oxidation sites excluding steroid dienone is 2. The summed E-state index contributed by atoms with van der Waals surface area (Å²) in [6, 6.07) is 141. The van der Waals surface area contributed by atoms with Crippen LogP contribution in [-0.4, -0.2) is 40.8 Å². The van der Waals surface area contributed by atoms with E-state index in [0.29, 0.717) is 0 Å². The Balaban J connectivity index is 0.000000232. The standard InChI is InChI=1S/C37H36N.C25H22N.C19H24N.C15H10N.C13H8NS.C11H8N.C5H8O2.6Ir/c1-36(2,3)33-17-13-26(14-18-33)30-23-31(27-15-19-34(20-16-27)37(4,5)6)25-32(24-30)28-10-9-11-29(22-28)35-12-7-8-21-38-35;1-25(2,3)22-13-11-18(12-14-22)20-8-6-9-21(17-20)24-23-10-5-4-7-19(23)15-16-26-24;1-2-3-4-5-6-7-10-17-12-14-18(15-13-17)19-11-8-9-16-20-19;1-2-7-13(8-3-1)15-14-9-5-4-6-12(14)10-11-16-15;1-2-7-12-10(5-1)9-13(15-12)11-6-3-4-8-14-11;1-2-6-10(7-3-1)11-8-4-5-9-12-11;1-4(6)3-5(2)7;;;;;;/h7-10,12-25H,1-6H3;4-8,10-17H,1-3H3;8-9,11-14,16H,2-7,10H2,1H3;1-7,9-11H;1-8H;1-6,8-9H;3,6H,1-2H3;;;;;;/q6*-1;;;;;;;. The molecule has 0 spiro atoms. The van der Waals surface area contributed by atoms with Crippen molar-refractivity contribution in [3.8, 4) is 111 Å². The summed E-state index contributed by atoms with van der Waals surface area (Å²) in [6.07, 6.45) is 21.4. The van der Waals surface area contributed by atoms with Crippen LogP contribution in [0.15, 0.2) is 401 Å². The van der Waals surface area contributed by atoms with Crippen molar-refractivity contribution in [2.75, 3.05) is 0 Å². The van der Waals surface area contributed by atoms with E-state index in [-0.39, 0.29) is 148 Å². The Bertz CT molecular complexity index is 6760. The molecule has 0 atom stereocenters. The summed E-state index contributed by atoms with van der Waals surface area (Å²) in [5.74, 6) is -0.0625. The van der Waals surface area contributed by atoms with Gasteiger partial charge in [-0.05, 0) is 194 Å². The molecule has 6 radical (unpaired) electrons. The Hall–Kier alpha value is -10.9. The normalized spacial score (nSPS) is 10.7. The minimum Gasteiger partial charge on any atom is -0.512 e. The second-order valence-electron chi connectivity index (χ2n) is 36.0. The summed E-state index contributed by atoms with van der Waals surface area (Å²) >= 11 is 1.73. The predicted molar refractivity (Wildman–Crippen MR) is 563 cm³/mol. The second-order valence-corrected chi connectivity index (χ2v) is 37.1. The molecular weight excluding hydrogens is 2800 g/mol. The summed E-state index contributed by atoms with van der Waals surface area (Å²) in [7, 11) is 0. The van der Waals surface area contributed by atoms with E-state index >= 15 is 0 Å². The van der Waals surface area contributed by atoms with E-state index < -0.39 is 0 Å². The smallest absolute Gasteiger partial charge is 0.155 e. The van der Waals surface area contributed by atoms with Gasteiger partial charge in [0.15, 0.2) is 5.78 Å². The number of aryl methyl sites for hydroxylation is 1. The predicted octanol–water partition coefficient (Wildman–Crippen LogP) is 33.3. The van der Waals surface area contributed by atoms with Crippen molar-refractivity contribution in [3.05, 3.63) is 460 Å². The zero-order chi connectivity index (χ0) is 94.1. The fourth-order valence-electron chi connectivity index (χ4n) is 15.2. The molecule has 0 saturated carbocycles. The maximum Gasteiger partial charge on any atom is 0.155 e. The number of fused-ring (bicyclic) bond motifs is 3. The van der Waals surface area contributed by atoms with Gasteiger partial charge in [-0.15, -0.1) is 202 Å². The molecule has 7 heterocycles. The van der Waals surface area contributed by atoms with Crippen molar-refractivity contribution >= 4 is 48.8 Å². The van der Waals surface area contributed by atoms with Crippen molar-refractivity contribution in [2.45, 2.75) is 144 Å². The number of aliphatic hydroxyl groups is 1. The van der Waals surface area contributed by atoms with Crippen LogP contribution >= 0.6 is 11.3 Å². The molecule has 140 heavy (non-hydrogen) atoms. The monoisotopic (exact) mass is 2920 g/mol. The average Bonchev–Trinajstić information content (AvgIpc) is 1.18. The van der Waals surface area contributed by atoms with E-state index in [9.17, 15) is 4.79 Å². The Kier molecular flexibility index (Phi) is 48.5. The third-order valence-corrected chi connectivity index (χ3v) is 23.7. The molecule has 0 aliphatic carbocycles. The first kappa shape index (κ1) is 116. The molecule has 0 aliphatic rings. The van der Waals surface area contributed by atoms with E-state index in [4.69, 9.17) is 5.11 Å². The number of hydrogen-bond acceptors (Lipinski definition) is 9. The summed E-state index contributed by atoms with van der Waals surface area (Å²) in [6.45, 7) is 25.4. The van der Waals surface area contributed by atoms with E-state index in [1.807, 2.05) is 195 Å². The van der Waals surface area contributed by atoms with E-state index in [2.05, 4.69) is 324 Å². The van der Waals surface area contributed by atoms with Crippen LogP contribution in [0.5, 0.6) is 0 Å². The number of thiophene rings is 1. The molecule has 0 amide bonds. The minimum atomic E-state index is -0.125. The summed E-state index contributed by atoms with van der Waals surface area (Å²) < 4.78 is 1.26. The van der Waals surface area contributed by atoms with Crippen LogP contribution in [0.25, 0.3) is 143 Å².